The van der Waals surface area contributed by atoms with Gasteiger partial charge in [-0.25, -0.2) is 0 Å². The van der Waals surface area contributed by atoms with Crippen LogP contribution in [0.1, 0.15) is 23.2 Å². The number of hydrogen-bond acceptors (Lipinski definition) is 3. The fourth-order valence-corrected chi connectivity index (χ4v) is 1.96. The number of rotatable bonds is 7. The van der Waals surface area contributed by atoms with E-state index in [9.17, 15) is 4.79 Å². The molecular formula is C17H18O3. The zero-order valence-corrected chi connectivity index (χ0v) is 11.3. The van der Waals surface area contributed by atoms with Crippen molar-refractivity contribution in [2.45, 2.75) is 12.8 Å². The van der Waals surface area contributed by atoms with E-state index < -0.39 is 0 Å². The van der Waals surface area contributed by atoms with Crippen LogP contribution in [-0.2, 0) is 0 Å². The molecule has 0 heterocycles. The molecule has 0 aromatic heterocycles. The molecule has 0 spiro atoms. The van der Waals surface area contributed by atoms with Gasteiger partial charge in [-0.3, -0.25) is 4.79 Å². The first-order valence-corrected chi connectivity index (χ1v) is 6.73. The number of carbonyl (C=O) groups is 1. The van der Waals surface area contributed by atoms with Crippen molar-refractivity contribution in [2.75, 3.05) is 13.2 Å². The van der Waals surface area contributed by atoms with Gasteiger partial charge in [-0.2, -0.15) is 0 Å². The number of carbonyl (C=O) groups excluding carboxylic acids is 1. The van der Waals surface area contributed by atoms with E-state index in [1.165, 1.54) is 0 Å². The molecule has 0 amide bonds. The molecule has 3 nitrogen and oxygen atoms in total. The van der Waals surface area contributed by atoms with Gasteiger partial charge in [-0.05, 0) is 42.2 Å². The van der Waals surface area contributed by atoms with Crippen molar-refractivity contribution in [1.82, 2.24) is 0 Å². The Labute approximate surface area is 118 Å². The lowest BCUT2D eigenvalue weighted by Crippen LogP contribution is -1.98. The third kappa shape index (κ3) is 3.93. The summed E-state index contributed by atoms with van der Waals surface area (Å²) in [4.78, 5) is 10.8. The van der Waals surface area contributed by atoms with Crippen LogP contribution in [0.2, 0.25) is 0 Å². The van der Waals surface area contributed by atoms with Crippen molar-refractivity contribution < 1.29 is 14.6 Å². The van der Waals surface area contributed by atoms with Gasteiger partial charge in [0.25, 0.3) is 0 Å². The highest BCUT2D eigenvalue weighted by molar-refractivity contribution is 5.79. The fraction of sp³-hybridized carbons (Fsp3) is 0.235. The summed E-state index contributed by atoms with van der Waals surface area (Å²) in [5, 5.41) is 8.72. The van der Waals surface area contributed by atoms with E-state index in [2.05, 4.69) is 0 Å². The van der Waals surface area contributed by atoms with Crippen molar-refractivity contribution in [3.05, 3.63) is 54.1 Å². The second kappa shape index (κ2) is 7.46. The Balaban J connectivity index is 2.10. The predicted octanol–water partition coefficient (Wildman–Crippen LogP) is 3.32. The van der Waals surface area contributed by atoms with E-state index >= 15 is 0 Å². The highest BCUT2D eigenvalue weighted by Crippen LogP contribution is 2.24. The van der Waals surface area contributed by atoms with E-state index in [1.54, 1.807) is 6.07 Å². The van der Waals surface area contributed by atoms with Crippen LogP contribution in [0.3, 0.4) is 0 Å². The van der Waals surface area contributed by atoms with Crippen molar-refractivity contribution in [1.29, 1.82) is 0 Å². The maximum Gasteiger partial charge on any atom is 0.150 e. The molecule has 0 radical (unpaired) electrons. The summed E-state index contributed by atoms with van der Waals surface area (Å²) in [7, 11) is 0. The third-order valence-electron chi connectivity index (χ3n) is 3.01. The smallest absolute Gasteiger partial charge is 0.150 e. The monoisotopic (exact) mass is 270 g/mol. The first kappa shape index (κ1) is 14.3. The topological polar surface area (TPSA) is 46.5 Å². The minimum Gasteiger partial charge on any atom is -0.494 e. The van der Waals surface area contributed by atoms with E-state index in [0.29, 0.717) is 12.2 Å². The fourth-order valence-electron chi connectivity index (χ4n) is 1.96. The quantitative estimate of drug-likeness (QED) is 0.620. The lowest BCUT2D eigenvalue weighted by molar-refractivity contribution is 0.112. The van der Waals surface area contributed by atoms with E-state index in [0.717, 1.165) is 36.0 Å². The number of ether oxygens (including phenoxy) is 1. The number of aliphatic hydroxyl groups is 1. The van der Waals surface area contributed by atoms with Crippen LogP contribution in [0, 0.1) is 0 Å². The lowest BCUT2D eigenvalue weighted by atomic mass is 10.0. The van der Waals surface area contributed by atoms with Gasteiger partial charge in [0.1, 0.15) is 12.0 Å². The molecule has 0 fully saturated rings. The molecule has 2 aromatic rings. The predicted molar refractivity (Wildman–Crippen MR) is 79.1 cm³/mol. The molecule has 0 unspecified atom stereocenters. The van der Waals surface area contributed by atoms with Crippen LogP contribution in [0.15, 0.2) is 48.5 Å². The summed E-state index contributed by atoms with van der Waals surface area (Å²) in [6, 6.07) is 15.3. The molecule has 0 aliphatic carbocycles. The Morgan fingerprint density at radius 2 is 1.75 bits per heavy atom. The number of benzene rings is 2. The summed E-state index contributed by atoms with van der Waals surface area (Å²) < 4.78 is 5.65. The van der Waals surface area contributed by atoms with Gasteiger partial charge in [0, 0.05) is 12.2 Å². The van der Waals surface area contributed by atoms with Gasteiger partial charge in [0.2, 0.25) is 0 Å². The zero-order valence-electron chi connectivity index (χ0n) is 11.3. The van der Waals surface area contributed by atoms with E-state index in [-0.39, 0.29) is 6.61 Å². The Kier molecular flexibility index (Phi) is 5.33. The highest BCUT2D eigenvalue weighted by atomic mass is 16.5. The van der Waals surface area contributed by atoms with E-state index in [4.69, 9.17) is 9.84 Å². The summed E-state index contributed by atoms with van der Waals surface area (Å²) in [6.45, 7) is 0.792. The van der Waals surface area contributed by atoms with Crippen LogP contribution in [0.4, 0.5) is 0 Å². The average Bonchev–Trinajstić information content (AvgIpc) is 2.52. The molecule has 2 aromatic carbocycles. The molecule has 0 atom stereocenters. The highest BCUT2D eigenvalue weighted by Gasteiger charge is 2.01. The van der Waals surface area contributed by atoms with Crippen LogP contribution in [0.25, 0.3) is 11.1 Å². The van der Waals surface area contributed by atoms with Crippen LogP contribution < -0.4 is 4.74 Å². The standard InChI is InChI=1S/C17H18O3/c18-9-1-2-10-20-17-8-4-7-16(12-17)15-6-3-5-14(11-15)13-19/h3-8,11-13,18H,1-2,9-10H2. The van der Waals surface area contributed by atoms with Crippen molar-refractivity contribution in [3.63, 3.8) is 0 Å². The number of unbranched alkanes of at least 4 members (excludes halogenated alkanes) is 1. The molecule has 0 saturated heterocycles. The average molecular weight is 270 g/mol. The number of aliphatic hydroxyl groups excluding tert-OH is 1. The maximum absolute atomic E-state index is 10.8. The van der Waals surface area contributed by atoms with Crippen molar-refractivity contribution in [3.8, 4) is 16.9 Å². The molecule has 0 saturated carbocycles. The lowest BCUT2D eigenvalue weighted by Gasteiger charge is -2.08. The first-order valence-electron chi connectivity index (χ1n) is 6.73. The molecule has 1 N–H and O–H groups in total. The second-order valence-electron chi connectivity index (χ2n) is 4.55. The van der Waals surface area contributed by atoms with Crippen LogP contribution in [-0.4, -0.2) is 24.6 Å². The summed E-state index contributed by atoms with van der Waals surface area (Å²) >= 11 is 0. The summed E-state index contributed by atoms with van der Waals surface area (Å²) in [5.41, 5.74) is 2.68. The number of aldehydes is 1. The van der Waals surface area contributed by atoms with Gasteiger partial charge in [-0.1, -0.05) is 30.3 Å². The Bertz CT molecular complexity index is 564. The first-order chi connectivity index (χ1) is 9.83. The largest absolute Gasteiger partial charge is 0.494 e. The van der Waals surface area contributed by atoms with Crippen molar-refractivity contribution in [2.24, 2.45) is 0 Å². The summed E-state index contributed by atoms with van der Waals surface area (Å²) in [6.07, 6.45) is 2.43. The van der Waals surface area contributed by atoms with Crippen LogP contribution >= 0.6 is 0 Å². The Morgan fingerprint density at radius 3 is 2.50 bits per heavy atom. The second-order valence-corrected chi connectivity index (χ2v) is 4.55. The van der Waals surface area contributed by atoms with Crippen molar-refractivity contribution >= 4 is 6.29 Å². The molecule has 3 heteroatoms. The van der Waals surface area contributed by atoms with E-state index in [1.807, 2.05) is 42.5 Å². The van der Waals surface area contributed by atoms with Gasteiger partial charge < -0.3 is 9.84 Å². The molecule has 20 heavy (non-hydrogen) atoms. The minimum atomic E-state index is 0.196. The minimum absolute atomic E-state index is 0.196. The Morgan fingerprint density at radius 1 is 1.00 bits per heavy atom. The zero-order chi connectivity index (χ0) is 14.2. The normalized spacial score (nSPS) is 10.2. The molecule has 0 aliphatic rings. The Hall–Kier alpha value is -2.13. The third-order valence-corrected chi connectivity index (χ3v) is 3.01. The molecule has 2 rings (SSSR count). The number of hydrogen-bond donors (Lipinski definition) is 1. The molecular weight excluding hydrogens is 252 g/mol. The SMILES string of the molecule is O=Cc1cccc(-c2cccc(OCCCCO)c2)c1. The molecule has 0 aliphatic heterocycles. The maximum atomic E-state index is 10.8. The van der Waals surface area contributed by atoms with Gasteiger partial charge in [-0.15, -0.1) is 0 Å². The van der Waals surface area contributed by atoms with Crippen LogP contribution in [0.5, 0.6) is 5.75 Å². The summed E-state index contributed by atoms with van der Waals surface area (Å²) in [5.74, 6) is 0.803. The van der Waals surface area contributed by atoms with Gasteiger partial charge >= 0.3 is 0 Å². The molecule has 104 valence electrons. The van der Waals surface area contributed by atoms with Gasteiger partial charge in [0.05, 0.1) is 6.61 Å². The molecule has 0 bridgehead atoms. The van der Waals surface area contributed by atoms with Gasteiger partial charge in [0.15, 0.2) is 0 Å².